The van der Waals surface area contributed by atoms with Gasteiger partial charge in [0.25, 0.3) is 0 Å². The van der Waals surface area contributed by atoms with Crippen molar-refractivity contribution >= 4 is 0 Å². The number of furan rings is 1. The second-order valence-electron chi connectivity index (χ2n) is 6.45. The third-order valence-electron chi connectivity index (χ3n) is 4.56. The molecule has 3 atom stereocenters. The van der Waals surface area contributed by atoms with Crippen LogP contribution in [-0.4, -0.2) is 12.6 Å². The van der Waals surface area contributed by atoms with Crippen molar-refractivity contribution in [3.63, 3.8) is 0 Å². The van der Waals surface area contributed by atoms with Crippen LogP contribution in [0.25, 0.3) is 0 Å². The zero-order valence-electron chi connectivity index (χ0n) is 12.7. The Morgan fingerprint density at radius 1 is 1.37 bits per heavy atom. The second kappa shape index (κ2) is 7.14. The fourth-order valence-corrected chi connectivity index (χ4v) is 3.52. The summed E-state index contributed by atoms with van der Waals surface area (Å²) in [7, 11) is 0. The zero-order valence-corrected chi connectivity index (χ0v) is 12.7. The molecule has 0 radical (unpaired) electrons. The molecule has 2 heteroatoms. The van der Waals surface area contributed by atoms with E-state index in [9.17, 15) is 0 Å². The largest absolute Gasteiger partial charge is 0.472 e. The molecule has 0 bridgehead atoms. The van der Waals surface area contributed by atoms with Crippen LogP contribution in [0.3, 0.4) is 0 Å². The van der Waals surface area contributed by atoms with E-state index in [4.69, 9.17) is 4.42 Å². The highest BCUT2D eigenvalue weighted by atomic mass is 16.3. The van der Waals surface area contributed by atoms with Gasteiger partial charge in [0.1, 0.15) is 0 Å². The van der Waals surface area contributed by atoms with Gasteiger partial charge in [-0.05, 0) is 48.8 Å². The first kappa shape index (κ1) is 14.6. The second-order valence-corrected chi connectivity index (χ2v) is 6.45. The van der Waals surface area contributed by atoms with Gasteiger partial charge in [-0.25, -0.2) is 0 Å². The standard InChI is InChI=1S/C17H29NO/c1-4-5-14-6-7-15(11-18-13(2)3)17(10-14)16-8-9-19-12-16/h8-9,12-15,17-18H,4-7,10-11H2,1-3H3. The minimum Gasteiger partial charge on any atom is -0.472 e. The van der Waals surface area contributed by atoms with E-state index in [1.54, 1.807) is 0 Å². The molecule has 3 unspecified atom stereocenters. The van der Waals surface area contributed by atoms with E-state index in [-0.39, 0.29) is 0 Å². The Labute approximate surface area is 118 Å². The highest BCUT2D eigenvalue weighted by Gasteiger charge is 2.31. The summed E-state index contributed by atoms with van der Waals surface area (Å²) >= 11 is 0. The molecule has 1 aliphatic rings. The summed E-state index contributed by atoms with van der Waals surface area (Å²) in [4.78, 5) is 0. The molecule has 2 rings (SSSR count). The highest BCUT2D eigenvalue weighted by Crippen LogP contribution is 2.42. The van der Waals surface area contributed by atoms with Crippen molar-refractivity contribution in [2.45, 2.75) is 64.8 Å². The predicted octanol–water partition coefficient (Wildman–Crippen LogP) is 4.58. The molecule has 1 heterocycles. The van der Waals surface area contributed by atoms with Gasteiger partial charge in [0.2, 0.25) is 0 Å². The Morgan fingerprint density at radius 2 is 2.21 bits per heavy atom. The zero-order chi connectivity index (χ0) is 13.7. The SMILES string of the molecule is CCCC1CCC(CNC(C)C)C(c2ccoc2)C1. The van der Waals surface area contributed by atoms with Crippen LogP contribution in [0.1, 0.15) is 64.4 Å². The van der Waals surface area contributed by atoms with Crippen molar-refractivity contribution in [2.75, 3.05) is 6.54 Å². The van der Waals surface area contributed by atoms with Crippen LogP contribution in [0.15, 0.2) is 23.0 Å². The summed E-state index contributed by atoms with van der Waals surface area (Å²) in [6, 6.07) is 2.75. The summed E-state index contributed by atoms with van der Waals surface area (Å²) < 4.78 is 5.32. The van der Waals surface area contributed by atoms with Crippen molar-refractivity contribution in [1.29, 1.82) is 0 Å². The van der Waals surface area contributed by atoms with Crippen molar-refractivity contribution in [3.8, 4) is 0 Å². The van der Waals surface area contributed by atoms with E-state index in [2.05, 4.69) is 32.2 Å². The molecule has 1 aromatic heterocycles. The number of nitrogens with one attached hydrogen (secondary N) is 1. The van der Waals surface area contributed by atoms with Gasteiger partial charge >= 0.3 is 0 Å². The van der Waals surface area contributed by atoms with Gasteiger partial charge in [0.05, 0.1) is 12.5 Å². The third kappa shape index (κ3) is 4.10. The van der Waals surface area contributed by atoms with E-state index in [0.717, 1.165) is 18.4 Å². The minimum absolute atomic E-state index is 0.582. The molecule has 0 aliphatic heterocycles. The van der Waals surface area contributed by atoms with Crippen LogP contribution in [0.2, 0.25) is 0 Å². The van der Waals surface area contributed by atoms with E-state index in [1.165, 1.54) is 37.7 Å². The van der Waals surface area contributed by atoms with Crippen molar-refractivity contribution in [1.82, 2.24) is 5.32 Å². The van der Waals surface area contributed by atoms with Crippen LogP contribution in [-0.2, 0) is 0 Å². The molecule has 1 aliphatic carbocycles. The number of hydrogen-bond acceptors (Lipinski definition) is 2. The van der Waals surface area contributed by atoms with E-state index < -0.39 is 0 Å². The van der Waals surface area contributed by atoms with Crippen LogP contribution in [0, 0.1) is 11.8 Å². The fraction of sp³-hybridized carbons (Fsp3) is 0.765. The molecule has 19 heavy (non-hydrogen) atoms. The Morgan fingerprint density at radius 3 is 2.84 bits per heavy atom. The lowest BCUT2D eigenvalue weighted by Gasteiger charge is -2.36. The molecule has 0 aromatic carbocycles. The van der Waals surface area contributed by atoms with Crippen molar-refractivity contribution in [2.24, 2.45) is 11.8 Å². The van der Waals surface area contributed by atoms with Gasteiger partial charge in [0.15, 0.2) is 0 Å². The number of rotatable bonds is 6. The molecule has 1 N–H and O–H groups in total. The lowest BCUT2D eigenvalue weighted by Crippen LogP contribution is -2.35. The maximum Gasteiger partial charge on any atom is 0.0937 e. The summed E-state index contributed by atoms with van der Waals surface area (Å²) in [5.74, 6) is 2.38. The van der Waals surface area contributed by atoms with Gasteiger partial charge in [-0.15, -0.1) is 0 Å². The van der Waals surface area contributed by atoms with Gasteiger partial charge in [-0.1, -0.05) is 40.0 Å². The number of hydrogen-bond donors (Lipinski definition) is 1. The molecule has 0 saturated heterocycles. The highest BCUT2D eigenvalue weighted by molar-refractivity contribution is 5.15. The topological polar surface area (TPSA) is 25.2 Å². The van der Waals surface area contributed by atoms with Gasteiger partial charge in [-0.2, -0.15) is 0 Å². The third-order valence-corrected chi connectivity index (χ3v) is 4.56. The van der Waals surface area contributed by atoms with Gasteiger partial charge in [-0.3, -0.25) is 0 Å². The summed E-state index contributed by atoms with van der Waals surface area (Å²) in [6.45, 7) is 7.91. The molecule has 0 spiro atoms. The lowest BCUT2D eigenvalue weighted by atomic mass is 9.70. The maximum atomic E-state index is 5.32. The molecule has 0 amide bonds. The van der Waals surface area contributed by atoms with E-state index in [0.29, 0.717) is 12.0 Å². The smallest absolute Gasteiger partial charge is 0.0937 e. The summed E-state index contributed by atoms with van der Waals surface area (Å²) in [6.07, 6.45) is 10.6. The first-order valence-corrected chi connectivity index (χ1v) is 7.96. The van der Waals surface area contributed by atoms with E-state index >= 15 is 0 Å². The van der Waals surface area contributed by atoms with Crippen LogP contribution < -0.4 is 5.32 Å². The average Bonchev–Trinajstić information content (AvgIpc) is 2.91. The first-order chi connectivity index (χ1) is 9.20. The molecule has 2 nitrogen and oxygen atoms in total. The Hall–Kier alpha value is -0.760. The van der Waals surface area contributed by atoms with Crippen molar-refractivity contribution < 1.29 is 4.42 Å². The summed E-state index contributed by atoms with van der Waals surface area (Å²) in [5, 5.41) is 3.62. The van der Waals surface area contributed by atoms with Gasteiger partial charge < -0.3 is 9.73 Å². The van der Waals surface area contributed by atoms with Crippen LogP contribution in [0.5, 0.6) is 0 Å². The Kier molecular flexibility index (Phi) is 5.50. The van der Waals surface area contributed by atoms with E-state index in [1.807, 2.05) is 12.5 Å². The molecule has 1 saturated carbocycles. The Balaban J connectivity index is 2.00. The van der Waals surface area contributed by atoms with Crippen LogP contribution >= 0.6 is 0 Å². The lowest BCUT2D eigenvalue weighted by molar-refractivity contribution is 0.217. The maximum absolute atomic E-state index is 5.32. The molecular weight excluding hydrogens is 234 g/mol. The fourth-order valence-electron chi connectivity index (χ4n) is 3.52. The molecule has 108 valence electrons. The summed E-state index contributed by atoms with van der Waals surface area (Å²) in [5.41, 5.74) is 1.41. The monoisotopic (exact) mass is 263 g/mol. The average molecular weight is 263 g/mol. The van der Waals surface area contributed by atoms with Crippen LogP contribution in [0.4, 0.5) is 0 Å². The molecule has 1 fully saturated rings. The first-order valence-electron chi connectivity index (χ1n) is 7.96. The minimum atomic E-state index is 0.582. The molecular formula is C17H29NO. The predicted molar refractivity (Wildman–Crippen MR) is 80.3 cm³/mol. The van der Waals surface area contributed by atoms with Gasteiger partial charge in [0, 0.05) is 6.04 Å². The van der Waals surface area contributed by atoms with Crippen molar-refractivity contribution in [3.05, 3.63) is 24.2 Å². The normalized spacial score (nSPS) is 27.9. The molecule has 1 aromatic rings. The Bertz CT molecular complexity index is 344. The quantitative estimate of drug-likeness (QED) is 0.813.